The van der Waals surface area contributed by atoms with Crippen molar-refractivity contribution >= 4 is 0 Å². The van der Waals surface area contributed by atoms with Crippen LogP contribution in [0.25, 0.3) is 0 Å². The molecule has 0 amide bonds. The predicted molar refractivity (Wildman–Crippen MR) is 64.5 cm³/mol. The Morgan fingerprint density at radius 1 is 1.31 bits per heavy atom. The molecular weight excluding hydrogens is 200 g/mol. The van der Waals surface area contributed by atoms with Gasteiger partial charge in [-0.05, 0) is 29.0 Å². The number of hydrogen-bond donors (Lipinski definition) is 2. The molecule has 0 aliphatic carbocycles. The predicted octanol–water partition coefficient (Wildman–Crippen LogP) is 2.27. The van der Waals surface area contributed by atoms with Crippen LogP contribution in [0, 0.1) is 5.92 Å². The lowest BCUT2D eigenvalue weighted by Gasteiger charge is -2.19. The number of hydrogen-bond acceptors (Lipinski definition) is 3. The van der Waals surface area contributed by atoms with Crippen molar-refractivity contribution in [2.24, 2.45) is 11.8 Å². The second kappa shape index (κ2) is 4.95. The zero-order chi connectivity index (χ0) is 11.5. The van der Waals surface area contributed by atoms with Gasteiger partial charge in [0.1, 0.15) is 0 Å². The van der Waals surface area contributed by atoms with Crippen molar-refractivity contribution < 1.29 is 4.74 Å². The van der Waals surface area contributed by atoms with E-state index in [-0.39, 0.29) is 6.04 Å². The molecule has 1 aromatic carbocycles. The summed E-state index contributed by atoms with van der Waals surface area (Å²) in [4.78, 5) is 0. The highest BCUT2D eigenvalue weighted by Gasteiger charge is 2.16. The van der Waals surface area contributed by atoms with Gasteiger partial charge < -0.3 is 4.74 Å². The Morgan fingerprint density at radius 2 is 2.06 bits per heavy atom. The molecule has 0 radical (unpaired) electrons. The fourth-order valence-electron chi connectivity index (χ4n) is 2.18. The molecule has 3 N–H and O–H groups in total. The van der Waals surface area contributed by atoms with E-state index in [0.717, 1.165) is 19.6 Å². The number of nitrogens with two attached hydrogens (primary N) is 1. The van der Waals surface area contributed by atoms with Crippen LogP contribution in [0.5, 0.6) is 0 Å². The maximum absolute atomic E-state index is 5.62. The fraction of sp³-hybridized carbons (Fsp3) is 0.538. The molecule has 3 nitrogen and oxygen atoms in total. The van der Waals surface area contributed by atoms with E-state index in [4.69, 9.17) is 10.6 Å². The monoisotopic (exact) mass is 220 g/mol. The molecule has 88 valence electrons. The highest BCUT2D eigenvalue weighted by atomic mass is 16.5. The van der Waals surface area contributed by atoms with Crippen molar-refractivity contribution in [1.29, 1.82) is 0 Å². The van der Waals surface area contributed by atoms with Crippen molar-refractivity contribution in [3.8, 4) is 0 Å². The highest BCUT2D eigenvalue weighted by molar-refractivity contribution is 5.34. The molecule has 1 aliphatic rings. The third kappa shape index (κ3) is 2.43. The molecule has 1 aliphatic heterocycles. The van der Waals surface area contributed by atoms with Gasteiger partial charge in [0.15, 0.2) is 0 Å². The number of rotatable bonds is 4. The largest absolute Gasteiger partial charge is 0.372 e. The molecule has 0 saturated carbocycles. The van der Waals surface area contributed by atoms with Gasteiger partial charge >= 0.3 is 0 Å². The minimum Gasteiger partial charge on any atom is -0.372 e. The van der Waals surface area contributed by atoms with Gasteiger partial charge in [-0.2, -0.15) is 0 Å². The first-order valence-electron chi connectivity index (χ1n) is 5.86. The van der Waals surface area contributed by atoms with E-state index in [1.54, 1.807) is 0 Å². The smallest absolute Gasteiger partial charge is 0.0725 e. The van der Waals surface area contributed by atoms with Crippen LogP contribution in [0.2, 0.25) is 0 Å². The van der Waals surface area contributed by atoms with Crippen molar-refractivity contribution in [1.82, 2.24) is 5.43 Å². The maximum atomic E-state index is 5.62. The molecule has 0 aromatic heterocycles. The zero-order valence-electron chi connectivity index (χ0n) is 9.99. The summed E-state index contributed by atoms with van der Waals surface area (Å²) in [5, 5.41) is 0. The Hall–Kier alpha value is -0.900. The van der Waals surface area contributed by atoms with Gasteiger partial charge in [-0.15, -0.1) is 0 Å². The Labute approximate surface area is 97.0 Å². The first-order chi connectivity index (χ1) is 7.70. The van der Waals surface area contributed by atoms with Crippen molar-refractivity contribution in [2.45, 2.75) is 39.5 Å². The SMILES string of the molecule is CC(C)CC(NN)c1ccc2c(c1)COC2. The highest BCUT2D eigenvalue weighted by Crippen LogP contribution is 2.26. The molecule has 0 saturated heterocycles. The van der Waals surface area contributed by atoms with Crippen LogP contribution >= 0.6 is 0 Å². The van der Waals surface area contributed by atoms with Crippen molar-refractivity contribution in [3.63, 3.8) is 0 Å². The number of hydrazine groups is 1. The summed E-state index contributed by atoms with van der Waals surface area (Å²) in [7, 11) is 0. The molecule has 1 heterocycles. The molecule has 1 aromatic rings. The quantitative estimate of drug-likeness (QED) is 0.604. The summed E-state index contributed by atoms with van der Waals surface area (Å²) in [5.74, 6) is 6.25. The average molecular weight is 220 g/mol. The van der Waals surface area contributed by atoms with E-state index in [9.17, 15) is 0 Å². The number of fused-ring (bicyclic) bond motifs is 1. The van der Waals surface area contributed by atoms with Crippen LogP contribution in [0.4, 0.5) is 0 Å². The Bertz CT molecular complexity index is 363. The minimum atomic E-state index is 0.242. The second-order valence-corrected chi connectivity index (χ2v) is 4.87. The summed E-state index contributed by atoms with van der Waals surface area (Å²) in [6.45, 7) is 5.91. The first-order valence-corrected chi connectivity index (χ1v) is 5.86. The normalized spacial score (nSPS) is 16.5. The van der Waals surface area contributed by atoms with Gasteiger partial charge in [0.05, 0.1) is 13.2 Å². The van der Waals surface area contributed by atoms with Crippen molar-refractivity contribution in [3.05, 3.63) is 34.9 Å². The van der Waals surface area contributed by atoms with E-state index in [1.807, 2.05) is 0 Å². The molecule has 0 bridgehead atoms. The van der Waals surface area contributed by atoms with Gasteiger partial charge in [0.2, 0.25) is 0 Å². The number of ether oxygens (including phenoxy) is 1. The Balaban J connectivity index is 2.18. The number of benzene rings is 1. The standard InChI is InChI=1S/C13H20N2O/c1-9(2)5-13(15-14)10-3-4-11-7-16-8-12(11)6-10/h3-4,6,9,13,15H,5,7-8,14H2,1-2H3. The fourth-order valence-corrected chi connectivity index (χ4v) is 2.18. The summed E-state index contributed by atoms with van der Waals surface area (Å²) in [5.41, 5.74) is 6.78. The van der Waals surface area contributed by atoms with E-state index >= 15 is 0 Å². The number of nitrogens with one attached hydrogen (secondary N) is 1. The van der Waals surface area contributed by atoms with Crippen LogP contribution in [-0.2, 0) is 18.0 Å². The minimum absolute atomic E-state index is 0.242. The zero-order valence-corrected chi connectivity index (χ0v) is 9.99. The van der Waals surface area contributed by atoms with Gasteiger partial charge in [-0.25, -0.2) is 0 Å². The molecule has 16 heavy (non-hydrogen) atoms. The van der Waals surface area contributed by atoms with Gasteiger partial charge in [-0.1, -0.05) is 32.0 Å². The van der Waals surface area contributed by atoms with Crippen LogP contribution < -0.4 is 11.3 Å². The summed E-state index contributed by atoms with van der Waals surface area (Å²) in [6, 6.07) is 6.77. The topological polar surface area (TPSA) is 47.3 Å². The first kappa shape index (κ1) is 11.6. The molecule has 0 fully saturated rings. The van der Waals surface area contributed by atoms with Crippen LogP contribution in [-0.4, -0.2) is 0 Å². The summed E-state index contributed by atoms with van der Waals surface area (Å²) < 4.78 is 5.41. The maximum Gasteiger partial charge on any atom is 0.0725 e. The average Bonchev–Trinajstić information content (AvgIpc) is 2.72. The van der Waals surface area contributed by atoms with Gasteiger partial charge in [-0.3, -0.25) is 11.3 Å². The molecule has 1 unspecified atom stereocenters. The van der Waals surface area contributed by atoms with E-state index in [1.165, 1.54) is 16.7 Å². The molecule has 2 rings (SSSR count). The molecule has 3 heteroatoms. The Kier molecular flexibility index (Phi) is 3.59. The van der Waals surface area contributed by atoms with Crippen LogP contribution in [0.1, 0.15) is 43.0 Å². The van der Waals surface area contributed by atoms with Crippen LogP contribution in [0.15, 0.2) is 18.2 Å². The lowest BCUT2D eigenvalue weighted by molar-refractivity contribution is 0.134. The molecule has 1 atom stereocenters. The summed E-state index contributed by atoms with van der Waals surface area (Å²) in [6.07, 6.45) is 1.05. The second-order valence-electron chi connectivity index (χ2n) is 4.87. The third-order valence-corrected chi connectivity index (χ3v) is 3.06. The molecule has 0 spiro atoms. The van der Waals surface area contributed by atoms with E-state index in [2.05, 4.69) is 37.5 Å². The summed E-state index contributed by atoms with van der Waals surface area (Å²) >= 11 is 0. The molecular formula is C13H20N2O. The van der Waals surface area contributed by atoms with Crippen molar-refractivity contribution in [2.75, 3.05) is 0 Å². The lowest BCUT2D eigenvalue weighted by atomic mass is 9.95. The van der Waals surface area contributed by atoms with Gasteiger partial charge in [0, 0.05) is 6.04 Å². The van der Waals surface area contributed by atoms with E-state index in [0.29, 0.717) is 5.92 Å². The third-order valence-electron chi connectivity index (χ3n) is 3.06. The Morgan fingerprint density at radius 3 is 2.75 bits per heavy atom. The lowest BCUT2D eigenvalue weighted by Crippen LogP contribution is -2.29. The van der Waals surface area contributed by atoms with E-state index < -0.39 is 0 Å². The van der Waals surface area contributed by atoms with Crippen LogP contribution in [0.3, 0.4) is 0 Å². The van der Waals surface area contributed by atoms with Gasteiger partial charge in [0.25, 0.3) is 0 Å².